The summed E-state index contributed by atoms with van der Waals surface area (Å²) in [6, 6.07) is 3.41. The quantitative estimate of drug-likeness (QED) is 0.914. The van der Waals surface area contributed by atoms with Gasteiger partial charge in [-0.2, -0.15) is 0 Å². The summed E-state index contributed by atoms with van der Waals surface area (Å²) in [4.78, 5) is 14.0. The van der Waals surface area contributed by atoms with Gasteiger partial charge in [0.15, 0.2) is 5.76 Å². The maximum absolute atomic E-state index is 12.2. The van der Waals surface area contributed by atoms with E-state index in [0.717, 1.165) is 19.3 Å². The summed E-state index contributed by atoms with van der Waals surface area (Å²) in [5.41, 5.74) is -0.143. The molecule has 1 amide bonds. The van der Waals surface area contributed by atoms with E-state index < -0.39 is 0 Å². The van der Waals surface area contributed by atoms with Crippen LogP contribution in [-0.2, 0) is 4.74 Å². The van der Waals surface area contributed by atoms with Crippen LogP contribution in [0, 0.1) is 5.41 Å². The molecule has 1 saturated heterocycles. The van der Waals surface area contributed by atoms with Crippen LogP contribution in [0.25, 0.3) is 0 Å². The lowest BCUT2D eigenvalue weighted by Crippen LogP contribution is -2.62. The lowest BCUT2D eigenvalue weighted by atomic mass is 9.58. The Bertz CT molecular complexity index is 460. The molecule has 2 fully saturated rings. The molecular formula is C15H21NO4. The maximum atomic E-state index is 12.2. The van der Waals surface area contributed by atoms with Gasteiger partial charge in [-0.15, -0.1) is 0 Å². The van der Waals surface area contributed by atoms with Crippen molar-refractivity contribution in [3.05, 3.63) is 24.2 Å². The van der Waals surface area contributed by atoms with Gasteiger partial charge in [-0.05, 0) is 31.9 Å². The van der Waals surface area contributed by atoms with E-state index in [4.69, 9.17) is 9.15 Å². The van der Waals surface area contributed by atoms with Crippen LogP contribution in [0.1, 0.15) is 36.7 Å². The fourth-order valence-electron chi connectivity index (χ4n) is 3.50. The Labute approximate surface area is 118 Å². The van der Waals surface area contributed by atoms with Crippen molar-refractivity contribution in [3.63, 3.8) is 0 Å². The van der Waals surface area contributed by atoms with E-state index in [1.807, 2.05) is 6.92 Å². The van der Waals surface area contributed by atoms with Crippen LogP contribution < -0.4 is 0 Å². The molecule has 1 aliphatic heterocycles. The van der Waals surface area contributed by atoms with Gasteiger partial charge in [0.1, 0.15) is 0 Å². The Balaban J connectivity index is 1.63. The standard InChI is InChI=1S/C15H21NO4/c1-2-19-13-10-12(17)15(13)5-7-16(8-6-15)14(18)11-4-3-9-20-11/h3-4,9,12-13,17H,2,5-8,10H2,1H3. The van der Waals surface area contributed by atoms with Crippen LogP contribution >= 0.6 is 0 Å². The molecule has 5 nitrogen and oxygen atoms in total. The normalized spacial score (nSPS) is 28.4. The van der Waals surface area contributed by atoms with Crippen molar-refractivity contribution in [2.24, 2.45) is 5.41 Å². The van der Waals surface area contributed by atoms with Gasteiger partial charge < -0.3 is 19.2 Å². The van der Waals surface area contributed by atoms with Crippen LogP contribution in [0.5, 0.6) is 0 Å². The highest BCUT2D eigenvalue weighted by Gasteiger charge is 2.56. The van der Waals surface area contributed by atoms with Gasteiger partial charge in [-0.3, -0.25) is 4.79 Å². The first-order valence-electron chi connectivity index (χ1n) is 7.30. The van der Waals surface area contributed by atoms with Gasteiger partial charge in [0, 0.05) is 31.5 Å². The lowest BCUT2D eigenvalue weighted by molar-refractivity contribution is -0.207. The van der Waals surface area contributed by atoms with E-state index in [1.54, 1.807) is 17.0 Å². The van der Waals surface area contributed by atoms with Gasteiger partial charge in [-0.1, -0.05) is 0 Å². The zero-order valence-corrected chi connectivity index (χ0v) is 11.7. The summed E-state index contributed by atoms with van der Waals surface area (Å²) in [7, 11) is 0. The van der Waals surface area contributed by atoms with Crippen molar-refractivity contribution in [1.82, 2.24) is 4.90 Å². The van der Waals surface area contributed by atoms with Crippen molar-refractivity contribution in [2.45, 2.75) is 38.4 Å². The van der Waals surface area contributed by atoms with Crippen molar-refractivity contribution >= 4 is 5.91 Å². The van der Waals surface area contributed by atoms with Crippen LogP contribution in [-0.4, -0.2) is 47.8 Å². The highest BCUT2D eigenvalue weighted by atomic mass is 16.5. The molecule has 2 aliphatic rings. The fourth-order valence-corrected chi connectivity index (χ4v) is 3.50. The highest BCUT2D eigenvalue weighted by Crippen LogP contribution is 2.51. The Hall–Kier alpha value is -1.33. The van der Waals surface area contributed by atoms with Gasteiger partial charge in [0.25, 0.3) is 5.91 Å². The number of carbonyl (C=O) groups excluding carboxylic acids is 1. The summed E-state index contributed by atoms with van der Waals surface area (Å²) in [6.07, 6.45) is 3.68. The molecule has 110 valence electrons. The summed E-state index contributed by atoms with van der Waals surface area (Å²) in [6.45, 7) is 3.96. The third kappa shape index (κ3) is 2.05. The first kappa shape index (κ1) is 13.6. The molecule has 1 aromatic rings. The third-order valence-corrected chi connectivity index (χ3v) is 4.82. The molecule has 0 aromatic carbocycles. The molecular weight excluding hydrogens is 258 g/mol. The number of rotatable bonds is 3. The molecule has 1 aromatic heterocycles. The minimum atomic E-state index is -0.292. The second-order valence-corrected chi connectivity index (χ2v) is 5.70. The predicted molar refractivity (Wildman–Crippen MR) is 72.3 cm³/mol. The molecule has 0 bridgehead atoms. The number of hydrogen-bond donors (Lipinski definition) is 1. The van der Waals surface area contributed by atoms with Gasteiger partial charge in [-0.25, -0.2) is 0 Å². The van der Waals surface area contributed by atoms with Gasteiger partial charge in [0.05, 0.1) is 18.5 Å². The van der Waals surface area contributed by atoms with Crippen LogP contribution in [0.3, 0.4) is 0 Å². The van der Waals surface area contributed by atoms with E-state index in [1.165, 1.54) is 6.26 Å². The number of nitrogens with zero attached hydrogens (tertiary/aromatic N) is 1. The lowest BCUT2D eigenvalue weighted by Gasteiger charge is -2.56. The van der Waals surface area contributed by atoms with Crippen molar-refractivity contribution in [3.8, 4) is 0 Å². The smallest absolute Gasteiger partial charge is 0.289 e. The number of amides is 1. The largest absolute Gasteiger partial charge is 0.459 e. The number of carbonyl (C=O) groups is 1. The van der Waals surface area contributed by atoms with Crippen molar-refractivity contribution in [1.29, 1.82) is 0 Å². The fraction of sp³-hybridized carbons (Fsp3) is 0.667. The zero-order valence-electron chi connectivity index (χ0n) is 11.7. The molecule has 0 radical (unpaired) electrons. The van der Waals surface area contributed by atoms with E-state index >= 15 is 0 Å². The number of likely N-dealkylation sites (tertiary alicyclic amines) is 1. The second kappa shape index (κ2) is 5.22. The Morgan fingerprint density at radius 1 is 1.55 bits per heavy atom. The second-order valence-electron chi connectivity index (χ2n) is 5.70. The maximum Gasteiger partial charge on any atom is 0.289 e. The van der Waals surface area contributed by atoms with Crippen LogP contribution in [0.4, 0.5) is 0 Å². The molecule has 1 spiro atoms. The molecule has 1 saturated carbocycles. The highest BCUT2D eigenvalue weighted by molar-refractivity contribution is 5.91. The summed E-state index contributed by atoms with van der Waals surface area (Å²) >= 11 is 0. The van der Waals surface area contributed by atoms with Crippen LogP contribution in [0.15, 0.2) is 22.8 Å². The molecule has 1 aliphatic carbocycles. The Morgan fingerprint density at radius 2 is 2.30 bits per heavy atom. The van der Waals surface area contributed by atoms with E-state index in [0.29, 0.717) is 25.5 Å². The number of ether oxygens (including phenoxy) is 1. The predicted octanol–water partition coefficient (Wildman–Crippen LogP) is 1.67. The number of aliphatic hydroxyl groups excluding tert-OH is 1. The molecule has 5 heteroatoms. The zero-order chi connectivity index (χ0) is 14.2. The monoisotopic (exact) mass is 279 g/mol. The molecule has 3 rings (SSSR count). The first-order chi connectivity index (χ1) is 9.67. The Kier molecular flexibility index (Phi) is 3.56. The molecule has 1 N–H and O–H groups in total. The first-order valence-corrected chi connectivity index (χ1v) is 7.30. The molecule has 2 heterocycles. The molecule has 20 heavy (non-hydrogen) atoms. The number of piperidine rings is 1. The van der Waals surface area contributed by atoms with Gasteiger partial charge in [0.2, 0.25) is 0 Å². The summed E-state index contributed by atoms with van der Waals surface area (Å²) < 4.78 is 10.9. The van der Waals surface area contributed by atoms with Gasteiger partial charge >= 0.3 is 0 Å². The summed E-state index contributed by atoms with van der Waals surface area (Å²) in [5.74, 6) is 0.322. The van der Waals surface area contributed by atoms with E-state index in [-0.39, 0.29) is 23.5 Å². The number of hydrogen-bond acceptors (Lipinski definition) is 4. The molecule has 2 unspecified atom stereocenters. The van der Waals surface area contributed by atoms with Crippen LogP contribution in [0.2, 0.25) is 0 Å². The summed E-state index contributed by atoms with van der Waals surface area (Å²) in [5, 5.41) is 10.1. The number of aliphatic hydroxyl groups is 1. The SMILES string of the molecule is CCOC1CC(O)C12CCN(C(=O)c1ccco1)CC2. The Morgan fingerprint density at radius 3 is 2.85 bits per heavy atom. The number of furan rings is 1. The van der Waals surface area contributed by atoms with Crippen molar-refractivity contribution in [2.75, 3.05) is 19.7 Å². The average Bonchev–Trinajstić information content (AvgIpc) is 3.01. The molecule has 2 atom stereocenters. The average molecular weight is 279 g/mol. The van der Waals surface area contributed by atoms with E-state index in [2.05, 4.69) is 0 Å². The van der Waals surface area contributed by atoms with E-state index in [9.17, 15) is 9.90 Å². The minimum absolute atomic E-state index is 0.0633. The minimum Gasteiger partial charge on any atom is -0.459 e. The topological polar surface area (TPSA) is 62.9 Å². The third-order valence-electron chi connectivity index (χ3n) is 4.82. The van der Waals surface area contributed by atoms with Crippen molar-refractivity contribution < 1.29 is 19.1 Å².